The zero-order valence-corrected chi connectivity index (χ0v) is 14.4. The lowest BCUT2D eigenvalue weighted by atomic mass is 9.95. The molecule has 24 heavy (non-hydrogen) atoms. The summed E-state index contributed by atoms with van der Waals surface area (Å²) in [6.45, 7) is 0.619. The molecule has 0 saturated heterocycles. The second-order valence-corrected chi connectivity index (χ2v) is 7.24. The fourth-order valence-electron chi connectivity index (χ4n) is 3.21. The molecule has 5 heteroatoms. The molecule has 122 valence electrons. The first-order valence-electron chi connectivity index (χ1n) is 7.88. The standard InChI is InChI=1S/C19H16Cl2N2O/c20-13-3-1-2-12(8-13)18(24)23-11-19(6-7-19)16-10-22-17-9-14(21)4-5-15(16)17/h1-5,8-10,22H,6-7,11H2,(H,23,24). The largest absolute Gasteiger partial charge is 0.361 e. The Morgan fingerprint density at radius 1 is 1.12 bits per heavy atom. The topological polar surface area (TPSA) is 44.9 Å². The molecule has 3 aromatic rings. The number of nitrogens with one attached hydrogen (secondary N) is 2. The van der Waals surface area contributed by atoms with Crippen LogP contribution >= 0.6 is 23.2 Å². The monoisotopic (exact) mass is 358 g/mol. The van der Waals surface area contributed by atoms with Gasteiger partial charge in [0.15, 0.2) is 0 Å². The van der Waals surface area contributed by atoms with E-state index in [0.29, 0.717) is 17.1 Å². The molecular weight excluding hydrogens is 343 g/mol. The van der Waals surface area contributed by atoms with Crippen LogP contribution in [0.25, 0.3) is 10.9 Å². The predicted molar refractivity (Wildman–Crippen MR) is 98.0 cm³/mol. The van der Waals surface area contributed by atoms with Gasteiger partial charge in [0.05, 0.1) is 0 Å². The van der Waals surface area contributed by atoms with Crippen LogP contribution in [0.4, 0.5) is 0 Å². The fourth-order valence-corrected chi connectivity index (χ4v) is 3.57. The van der Waals surface area contributed by atoms with E-state index in [-0.39, 0.29) is 11.3 Å². The smallest absolute Gasteiger partial charge is 0.251 e. The van der Waals surface area contributed by atoms with Gasteiger partial charge in [0, 0.05) is 44.7 Å². The number of carbonyl (C=O) groups excluding carboxylic acids is 1. The zero-order chi connectivity index (χ0) is 16.7. The Bertz CT molecular complexity index is 928. The van der Waals surface area contributed by atoms with Gasteiger partial charge in [0.1, 0.15) is 0 Å². The second-order valence-electron chi connectivity index (χ2n) is 6.37. The van der Waals surface area contributed by atoms with Gasteiger partial charge in [-0.1, -0.05) is 35.3 Å². The van der Waals surface area contributed by atoms with E-state index in [0.717, 1.165) is 23.4 Å². The molecule has 0 bridgehead atoms. The van der Waals surface area contributed by atoms with Crippen molar-refractivity contribution in [2.75, 3.05) is 6.54 Å². The highest BCUT2D eigenvalue weighted by Crippen LogP contribution is 2.50. The molecule has 0 spiro atoms. The van der Waals surface area contributed by atoms with Crippen molar-refractivity contribution in [3.05, 3.63) is 69.8 Å². The molecule has 4 rings (SSSR count). The average Bonchev–Trinajstić information content (AvgIpc) is 3.24. The highest BCUT2D eigenvalue weighted by atomic mass is 35.5. The Hall–Kier alpha value is -1.97. The first kappa shape index (κ1) is 15.6. The van der Waals surface area contributed by atoms with E-state index in [2.05, 4.69) is 10.3 Å². The Labute approximate surface area is 150 Å². The number of aromatic amines is 1. The van der Waals surface area contributed by atoms with Crippen LogP contribution in [-0.2, 0) is 5.41 Å². The number of hydrogen-bond donors (Lipinski definition) is 2. The number of fused-ring (bicyclic) bond motifs is 1. The zero-order valence-electron chi connectivity index (χ0n) is 12.9. The number of hydrogen-bond acceptors (Lipinski definition) is 1. The Morgan fingerprint density at radius 3 is 2.67 bits per heavy atom. The van der Waals surface area contributed by atoms with Crippen LogP contribution in [0.15, 0.2) is 48.7 Å². The van der Waals surface area contributed by atoms with Gasteiger partial charge in [-0.15, -0.1) is 0 Å². The van der Waals surface area contributed by atoms with Crippen molar-refractivity contribution in [1.29, 1.82) is 0 Å². The van der Waals surface area contributed by atoms with Gasteiger partial charge in [0.25, 0.3) is 5.91 Å². The summed E-state index contributed by atoms with van der Waals surface area (Å²) in [6, 6.07) is 12.9. The minimum Gasteiger partial charge on any atom is -0.361 e. The van der Waals surface area contributed by atoms with Crippen LogP contribution in [0.5, 0.6) is 0 Å². The highest BCUT2D eigenvalue weighted by molar-refractivity contribution is 6.31. The Balaban J connectivity index is 1.54. The molecule has 0 radical (unpaired) electrons. The summed E-state index contributed by atoms with van der Waals surface area (Å²) >= 11 is 12.0. The van der Waals surface area contributed by atoms with E-state index in [9.17, 15) is 4.79 Å². The maximum atomic E-state index is 12.4. The van der Waals surface area contributed by atoms with Crippen molar-refractivity contribution in [1.82, 2.24) is 10.3 Å². The molecule has 1 aromatic heterocycles. The third kappa shape index (κ3) is 2.79. The molecule has 0 atom stereocenters. The van der Waals surface area contributed by atoms with E-state index in [1.54, 1.807) is 24.3 Å². The summed E-state index contributed by atoms with van der Waals surface area (Å²) in [5.41, 5.74) is 2.88. The van der Waals surface area contributed by atoms with Crippen LogP contribution in [-0.4, -0.2) is 17.4 Å². The van der Waals surface area contributed by atoms with Crippen LogP contribution in [0.1, 0.15) is 28.8 Å². The lowest BCUT2D eigenvalue weighted by Crippen LogP contribution is -2.32. The van der Waals surface area contributed by atoms with Gasteiger partial charge in [0.2, 0.25) is 0 Å². The van der Waals surface area contributed by atoms with Crippen LogP contribution < -0.4 is 5.32 Å². The highest BCUT2D eigenvalue weighted by Gasteiger charge is 2.45. The SMILES string of the molecule is O=C(NCC1(c2c[nH]c3cc(Cl)ccc23)CC1)c1cccc(Cl)c1. The van der Waals surface area contributed by atoms with Crippen molar-refractivity contribution in [2.24, 2.45) is 0 Å². The van der Waals surface area contributed by atoms with Crippen molar-refractivity contribution >= 4 is 40.0 Å². The molecule has 1 fully saturated rings. The predicted octanol–water partition coefficient (Wildman–Crippen LogP) is 4.94. The van der Waals surface area contributed by atoms with Crippen LogP contribution in [0.2, 0.25) is 10.0 Å². The number of benzene rings is 2. The molecule has 1 heterocycles. The quantitative estimate of drug-likeness (QED) is 0.681. The van der Waals surface area contributed by atoms with E-state index >= 15 is 0 Å². The number of amides is 1. The normalized spacial score (nSPS) is 15.4. The van der Waals surface area contributed by atoms with Crippen molar-refractivity contribution in [3.8, 4) is 0 Å². The molecule has 0 unspecified atom stereocenters. The molecule has 0 aliphatic heterocycles. The third-order valence-corrected chi connectivity index (χ3v) is 5.21. The maximum absolute atomic E-state index is 12.4. The number of H-pyrrole nitrogens is 1. The van der Waals surface area contributed by atoms with Gasteiger partial charge < -0.3 is 10.3 Å². The Kier molecular flexibility index (Phi) is 3.78. The fraction of sp³-hybridized carbons (Fsp3) is 0.211. The number of carbonyl (C=O) groups is 1. The van der Waals surface area contributed by atoms with Crippen molar-refractivity contribution in [2.45, 2.75) is 18.3 Å². The van der Waals surface area contributed by atoms with Crippen molar-refractivity contribution in [3.63, 3.8) is 0 Å². The third-order valence-electron chi connectivity index (χ3n) is 4.74. The van der Waals surface area contributed by atoms with Gasteiger partial charge in [-0.25, -0.2) is 0 Å². The maximum Gasteiger partial charge on any atom is 0.251 e. The number of halogens is 2. The van der Waals surface area contributed by atoms with Crippen LogP contribution in [0, 0.1) is 0 Å². The minimum atomic E-state index is -0.0911. The molecular formula is C19H16Cl2N2O. The molecule has 2 aromatic carbocycles. The van der Waals surface area contributed by atoms with Crippen molar-refractivity contribution < 1.29 is 4.79 Å². The summed E-state index contributed by atoms with van der Waals surface area (Å²) in [5, 5.41) is 5.52. The summed E-state index contributed by atoms with van der Waals surface area (Å²) in [7, 11) is 0. The van der Waals surface area contributed by atoms with E-state index < -0.39 is 0 Å². The van der Waals surface area contributed by atoms with E-state index in [1.165, 1.54) is 10.9 Å². The van der Waals surface area contributed by atoms with E-state index in [1.807, 2.05) is 24.4 Å². The summed E-state index contributed by atoms with van der Waals surface area (Å²) in [4.78, 5) is 15.6. The minimum absolute atomic E-state index is 0.0142. The molecule has 1 saturated carbocycles. The molecule has 2 N–H and O–H groups in total. The van der Waals surface area contributed by atoms with E-state index in [4.69, 9.17) is 23.2 Å². The van der Waals surface area contributed by atoms with Gasteiger partial charge in [-0.3, -0.25) is 4.79 Å². The molecule has 3 nitrogen and oxygen atoms in total. The molecule has 1 aliphatic rings. The lowest BCUT2D eigenvalue weighted by molar-refractivity contribution is 0.0949. The summed E-state index contributed by atoms with van der Waals surface area (Å²) in [6.07, 6.45) is 4.18. The lowest BCUT2D eigenvalue weighted by Gasteiger charge is -2.16. The first-order valence-corrected chi connectivity index (χ1v) is 8.64. The van der Waals surface area contributed by atoms with Gasteiger partial charge in [-0.2, -0.15) is 0 Å². The molecule has 1 amide bonds. The summed E-state index contributed by atoms with van der Waals surface area (Å²) < 4.78 is 0. The average molecular weight is 359 g/mol. The Morgan fingerprint density at radius 2 is 1.92 bits per heavy atom. The van der Waals surface area contributed by atoms with Gasteiger partial charge >= 0.3 is 0 Å². The van der Waals surface area contributed by atoms with Gasteiger partial charge in [-0.05, 0) is 48.7 Å². The molecule has 1 aliphatic carbocycles. The first-order chi connectivity index (χ1) is 11.6. The summed E-state index contributed by atoms with van der Waals surface area (Å²) in [5.74, 6) is -0.0911. The number of rotatable bonds is 4. The number of aromatic nitrogens is 1. The van der Waals surface area contributed by atoms with Crippen LogP contribution in [0.3, 0.4) is 0 Å². The second kappa shape index (κ2) is 5.83.